The lowest BCUT2D eigenvalue weighted by molar-refractivity contribution is -0.145. The first-order valence-corrected chi connectivity index (χ1v) is 5.46. The van der Waals surface area contributed by atoms with Gasteiger partial charge in [0.05, 0.1) is 0 Å². The van der Waals surface area contributed by atoms with E-state index in [1.807, 2.05) is 0 Å². The summed E-state index contributed by atoms with van der Waals surface area (Å²) in [6.07, 6.45) is -0.344. The highest BCUT2D eigenvalue weighted by Gasteiger charge is 2.42. The lowest BCUT2D eigenvalue weighted by atomic mass is 9.95. The van der Waals surface area contributed by atoms with Gasteiger partial charge in [0.25, 0.3) is 5.92 Å². The van der Waals surface area contributed by atoms with Gasteiger partial charge in [-0.1, -0.05) is 6.92 Å². The zero-order valence-electron chi connectivity index (χ0n) is 9.87. The van der Waals surface area contributed by atoms with Crippen LogP contribution in [0.3, 0.4) is 0 Å². The van der Waals surface area contributed by atoms with Crippen LogP contribution in [0, 0.1) is 5.92 Å². The van der Waals surface area contributed by atoms with Crippen molar-refractivity contribution in [3.8, 4) is 0 Å². The Morgan fingerprint density at radius 2 is 2.12 bits per heavy atom. The molecule has 0 radical (unpaired) electrons. The van der Waals surface area contributed by atoms with Crippen LogP contribution in [0.4, 0.5) is 13.6 Å². The smallest absolute Gasteiger partial charge is 0.312 e. The molecule has 0 aromatic carbocycles. The number of rotatable bonds is 2. The van der Waals surface area contributed by atoms with E-state index in [0.29, 0.717) is 0 Å². The fraction of sp³-hybridized carbons (Fsp3) is 0.800. The highest BCUT2D eigenvalue weighted by Crippen LogP contribution is 2.33. The maximum Gasteiger partial charge on any atom is 0.312 e. The van der Waals surface area contributed by atoms with Crippen molar-refractivity contribution < 1.29 is 18.4 Å². The fourth-order valence-corrected chi connectivity index (χ4v) is 1.83. The summed E-state index contributed by atoms with van der Waals surface area (Å²) in [6, 6.07) is -1.59. The van der Waals surface area contributed by atoms with Crippen molar-refractivity contribution in [3.63, 3.8) is 0 Å². The van der Waals surface area contributed by atoms with E-state index in [9.17, 15) is 18.4 Å². The molecule has 1 heterocycles. The van der Waals surface area contributed by atoms with E-state index >= 15 is 0 Å². The van der Waals surface area contributed by atoms with Gasteiger partial charge in [0.2, 0.25) is 5.91 Å². The van der Waals surface area contributed by atoms with Gasteiger partial charge in [-0.25, -0.2) is 13.6 Å². The van der Waals surface area contributed by atoms with Crippen molar-refractivity contribution in [2.45, 2.75) is 32.2 Å². The van der Waals surface area contributed by atoms with Crippen molar-refractivity contribution >= 4 is 11.9 Å². The first kappa shape index (κ1) is 13.7. The van der Waals surface area contributed by atoms with Gasteiger partial charge in [-0.2, -0.15) is 0 Å². The van der Waals surface area contributed by atoms with Gasteiger partial charge in [-0.3, -0.25) is 4.79 Å². The molecular weight excluding hydrogens is 232 g/mol. The first-order chi connectivity index (χ1) is 7.74. The zero-order valence-corrected chi connectivity index (χ0v) is 9.87. The third-order valence-corrected chi connectivity index (χ3v) is 2.97. The van der Waals surface area contributed by atoms with Crippen molar-refractivity contribution in [2.75, 3.05) is 13.1 Å². The van der Waals surface area contributed by atoms with E-state index in [0.717, 1.165) is 0 Å². The van der Waals surface area contributed by atoms with Crippen LogP contribution >= 0.6 is 0 Å². The zero-order chi connectivity index (χ0) is 13.2. The summed E-state index contributed by atoms with van der Waals surface area (Å²) in [5.41, 5.74) is 4.89. The minimum atomic E-state index is -2.73. The first-order valence-electron chi connectivity index (χ1n) is 5.46. The molecule has 1 saturated heterocycles. The number of piperidine rings is 1. The maximum absolute atomic E-state index is 13.2. The van der Waals surface area contributed by atoms with Gasteiger partial charge >= 0.3 is 6.03 Å². The van der Waals surface area contributed by atoms with Crippen molar-refractivity contribution in [2.24, 2.45) is 11.7 Å². The molecule has 3 N–H and O–H groups in total. The monoisotopic (exact) mass is 249 g/mol. The van der Waals surface area contributed by atoms with Gasteiger partial charge in [0.15, 0.2) is 0 Å². The molecule has 1 unspecified atom stereocenters. The Hall–Kier alpha value is -1.40. The van der Waals surface area contributed by atoms with Crippen LogP contribution in [0.25, 0.3) is 0 Å². The Bertz CT molecular complexity index is 323. The standard InChI is InChI=1S/C10H17F2N3O2/c1-6-5-15(4-3-10(6,11)12)8(16)7(2)14-9(13)17/h6-7H,3-5H2,1-2H3,(H3,13,14,17)/t6?,7-/m0/s1. The number of carbonyl (C=O) groups excluding carboxylic acids is 2. The third-order valence-electron chi connectivity index (χ3n) is 2.97. The third kappa shape index (κ3) is 3.28. The summed E-state index contributed by atoms with van der Waals surface area (Å²) < 4.78 is 26.4. The van der Waals surface area contributed by atoms with Crippen LogP contribution in [0.2, 0.25) is 0 Å². The fourth-order valence-electron chi connectivity index (χ4n) is 1.83. The Labute approximate surface area is 98.3 Å². The molecule has 0 bridgehead atoms. The molecule has 0 aliphatic carbocycles. The molecule has 0 aromatic rings. The number of hydrogen-bond acceptors (Lipinski definition) is 2. The topological polar surface area (TPSA) is 75.4 Å². The minimum Gasteiger partial charge on any atom is -0.352 e. The summed E-state index contributed by atoms with van der Waals surface area (Å²) in [6.45, 7) is 2.88. The summed E-state index contributed by atoms with van der Waals surface area (Å²) in [5.74, 6) is -3.98. The Morgan fingerprint density at radius 3 is 2.59 bits per heavy atom. The number of amides is 3. The number of hydrogen-bond donors (Lipinski definition) is 2. The van der Waals surface area contributed by atoms with Crippen LogP contribution in [0.1, 0.15) is 20.3 Å². The molecule has 0 spiro atoms. The summed E-state index contributed by atoms with van der Waals surface area (Å²) in [7, 11) is 0. The molecule has 0 saturated carbocycles. The van der Waals surface area contributed by atoms with E-state index in [1.165, 1.54) is 18.7 Å². The number of alkyl halides is 2. The highest BCUT2D eigenvalue weighted by atomic mass is 19.3. The average Bonchev–Trinajstić information content (AvgIpc) is 2.20. The number of urea groups is 1. The predicted molar refractivity (Wildman–Crippen MR) is 57.5 cm³/mol. The second-order valence-corrected chi connectivity index (χ2v) is 4.43. The molecule has 1 rings (SSSR count). The molecule has 2 atom stereocenters. The van der Waals surface area contributed by atoms with E-state index in [-0.39, 0.29) is 25.4 Å². The molecular formula is C10H17F2N3O2. The number of nitrogens with zero attached hydrogens (tertiary/aromatic N) is 1. The van der Waals surface area contributed by atoms with Gasteiger partial charge < -0.3 is 16.0 Å². The maximum atomic E-state index is 13.2. The Morgan fingerprint density at radius 1 is 1.53 bits per heavy atom. The van der Waals surface area contributed by atoms with Gasteiger partial charge in [0, 0.05) is 25.4 Å². The van der Waals surface area contributed by atoms with Gasteiger partial charge in [-0.15, -0.1) is 0 Å². The van der Waals surface area contributed by atoms with Crippen LogP contribution in [0.5, 0.6) is 0 Å². The van der Waals surface area contributed by atoms with E-state index < -0.39 is 23.9 Å². The quantitative estimate of drug-likeness (QED) is 0.749. The highest BCUT2D eigenvalue weighted by molar-refractivity contribution is 5.86. The number of nitrogens with one attached hydrogen (secondary N) is 1. The minimum absolute atomic E-state index is 0.000948. The van der Waals surface area contributed by atoms with Crippen molar-refractivity contribution in [3.05, 3.63) is 0 Å². The Balaban J connectivity index is 2.58. The molecule has 98 valence electrons. The normalized spacial score (nSPS) is 25.2. The molecule has 17 heavy (non-hydrogen) atoms. The molecule has 3 amide bonds. The van der Waals surface area contributed by atoms with Crippen LogP contribution in [-0.2, 0) is 4.79 Å². The van der Waals surface area contributed by atoms with Crippen molar-refractivity contribution in [1.82, 2.24) is 10.2 Å². The predicted octanol–water partition coefficient (Wildman–Crippen LogP) is 0.547. The lowest BCUT2D eigenvalue weighted by Crippen LogP contribution is -2.54. The molecule has 1 aliphatic heterocycles. The summed E-state index contributed by atoms with van der Waals surface area (Å²) >= 11 is 0. The van der Waals surface area contributed by atoms with Crippen molar-refractivity contribution in [1.29, 1.82) is 0 Å². The molecule has 5 nitrogen and oxygen atoms in total. The summed E-state index contributed by atoms with van der Waals surface area (Å²) in [4.78, 5) is 23.7. The number of halogens is 2. The number of carbonyl (C=O) groups is 2. The van der Waals surface area contributed by atoms with Gasteiger partial charge in [-0.05, 0) is 6.92 Å². The number of likely N-dealkylation sites (tertiary alicyclic amines) is 1. The molecule has 1 aliphatic rings. The number of primary amides is 1. The van der Waals surface area contributed by atoms with Crippen LogP contribution in [-0.4, -0.2) is 41.9 Å². The van der Waals surface area contributed by atoms with Crippen LogP contribution in [0.15, 0.2) is 0 Å². The summed E-state index contributed by atoms with van der Waals surface area (Å²) in [5, 5.41) is 2.24. The Kier molecular flexibility index (Phi) is 3.90. The van der Waals surface area contributed by atoms with E-state index in [2.05, 4.69) is 5.32 Å². The average molecular weight is 249 g/mol. The molecule has 1 fully saturated rings. The molecule has 7 heteroatoms. The SMILES string of the molecule is CC1CN(C(=O)[C@H](C)NC(N)=O)CCC1(F)F. The second kappa shape index (κ2) is 4.85. The number of nitrogens with two attached hydrogens (primary N) is 1. The second-order valence-electron chi connectivity index (χ2n) is 4.43. The van der Waals surface area contributed by atoms with Gasteiger partial charge in [0.1, 0.15) is 6.04 Å². The largest absolute Gasteiger partial charge is 0.352 e. The lowest BCUT2D eigenvalue weighted by Gasteiger charge is -2.37. The molecule has 0 aromatic heterocycles. The van der Waals surface area contributed by atoms with E-state index in [1.54, 1.807) is 0 Å². The van der Waals surface area contributed by atoms with Crippen LogP contribution < -0.4 is 11.1 Å². The van der Waals surface area contributed by atoms with E-state index in [4.69, 9.17) is 5.73 Å².